The second-order valence-corrected chi connectivity index (χ2v) is 5.64. The molecule has 0 fully saturated rings. The van der Waals surface area contributed by atoms with Crippen LogP contribution in [-0.2, 0) is 4.74 Å². The van der Waals surface area contributed by atoms with Crippen molar-refractivity contribution < 1.29 is 9.84 Å². The van der Waals surface area contributed by atoms with E-state index in [0.717, 1.165) is 6.42 Å². The Kier molecular flexibility index (Phi) is 5.78. The molecule has 0 aromatic heterocycles. The molecule has 0 aromatic carbocycles. The number of nitrogens with one attached hydrogen (secondary N) is 1. The van der Waals surface area contributed by atoms with Crippen molar-refractivity contribution in [3.05, 3.63) is 0 Å². The molecule has 0 rings (SSSR count). The van der Waals surface area contributed by atoms with Gasteiger partial charge in [-0.25, -0.2) is 0 Å². The number of hydrogen-bond acceptors (Lipinski definition) is 3. The summed E-state index contributed by atoms with van der Waals surface area (Å²) in [5, 5.41) is 13.6. The zero-order chi connectivity index (χ0) is 12.1. The van der Waals surface area contributed by atoms with Crippen LogP contribution in [0.3, 0.4) is 0 Å². The summed E-state index contributed by atoms with van der Waals surface area (Å²) in [4.78, 5) is 0. The van der Waals surface area contributed by atoms with Crippen molar-refractivity contribution in [3.8, 4) is 0 Å². The first kappa shape index (κ1) is 14.9. The SMILES string of the molecule is COCCC(C)C(C)(O)CNC(C)(C)C. The molecule has 0 aromatic rings. The Labute approximate surface area is 94.2 Å². The van der Waals surface area contributed by atoms with Crippen molar-refractivity contribution in [1.29, 1.82) is 0 Å². The van der Waals surface area contributed by atoms with Crippen LogP contribution in [0.5, 0.6) is 0 Å². The largest absolute Gasteiger partial charge is 0.389 e. The predicted octanol–water partition coefficient (Wildman–Crippen LogP) is 1.80. The maximum absolute atomic E-state index is 10.3. The Balaban J connectivity index is 4.04. The van der Waals surface area contributed by atoms with Crippen LogP contribution in [0, 0.1) is 5.92 Å². The van der Waals surface area contributed by atoms with Gasteiger partial charge >= 0.3 is 0 Å². The third-order valence-corrected chi connectivity index (χ3v) is 2.79. The molecule has 0 bridgehead atoms. The summed E-state index contributed by atoms with van der Waals surface area (Å²) in [7, 11) is 1.69. The minimum absolute atomic E-state index is 0.0466. The molecule has 0 aliphatic rings. The first-order valence-corrected chi connectivity index (χ1v) is 5.65. The molecule has 2 N–H and O–H groups in total. The van der Waals surface area contributed by atoms with Gasteiger partial charge in [-0.3, -0.25) is 0 Å². The fraction of sp³-hybridized carbons (Fsp3) is 1.00. The van der Waals surface area contributed by atoms with Crippen molar-refractivity contribution in [1.82, 2.24) is 5.32 Å². The van der Waals surface area contributed by atoms with Crippen LogP contribution in [0.15, 0.2) is 0 Å². The van der Waals surface area contributed by atoms with E-state index >= 15 is 0 Å². The smallest absolute Gasteiger partial charge is 0.0769 e. The fourth-order valence-corrected chi connectivity index (χ4v) is 1.22. The zero-order valence-electron chi connectivity index (χ0n) is 11.1. The number of aliphatic hydroxyl groups is 1. The van der Waals surface area contributed by atoms with E-state index in [9.17, 15) is 5.11 Å². The van der Waals surface area contributed by atoms with Gasteiger partial charge in [-0.1, -0.05) is 6.92 Å². The van der Waals surface area contributed by atoms with Crippen molar-refractivity contribution >= 4 is 0 Å². The van der Waals surface area contributed by atoms with Gasteiger partial charge in [0.05, 0.1) is 5.60 Å². The summed E-state index contributed by atoms with van der Waals surface area (Å²) in [6.45, 7) is 11.6. The molecular formula is C12H27NO2. The summed E-state index contributed by atoms with van der Waals surface area (Å²) in [5.41, 5.74) is -0.628. The van der Waals surface area contributed by atoms with Crippen molar-refractivity contribution in [2.75, 3.05) is 20.3 Å². The highest BCUT2D eigenvalue weighted by atomic mass is 16.5. The molecule has 2 unspecified atom stereocenters. The molecule has 2 atom stereocenters. The van der Waals surface area contributed by atoms with E-state index in [1.54, 1.807) is 7.11 Å². The molecule has 0 radical (unpaired) electrons. The van der Waals surface area contributed by atoms with Gasteiger partial charge in [0, 0.05) is 25.8 Å². The molecule has 0 aliphatic carbocycles. The summed E-state index contributed by atoms with van der Waals surface area (Å²) >= 11 is 0. The quantitative estimate of drug-likeness (QED) is 0.713. The van der Waals surface area contributed by atoms with Crippen molar-refractivity contribution in [3.63, 3.8) is 0 Å². The highest BCUT2D eigenvalue weighted by molar-refractivity contribution is 4.84. The Morgan fingerprint density at radius 1 is 1.27 bits per heavy atom. The highest BCUT2D eigenvalue weighted by Crippen LogP contribution is 2.20. The van der Waals surface area contributed by atoms with Crippen LogP contribution in [0.1, 0.15) is 41.0 Å². The van der Waals surface area contributed by atoms with Gasteiger partial charge in [0.2, 0.25) is 0 Å². The van der Waals surface area contributed by atoms with E-state index in [2.05, 4.69) is 33.0 Å². The number of rotatable bonds is 6. The van der Waals surface area contributed by atoms with Crippen molar-refractivity contribution in [2.45, 2.75) is 52.2 Å². The topological polar surface area (TPSA) is 41.5 Å². The first-order valence-electron chi connectivity index (χ1n) is 5.65. The molecule has 92 valence electrons. The van der Waals surface area contributed by atoms with Crippen LogP contribution in [0.4, 0.5) is 0 Å². The normalized spacial score (nSPS) is 18.6. The average Bonchev–Trinajstić information content (AvgIpc) is 2.10. The van der Waals surface area contributed by atoms with Crippen LogP contribution < -0.4 is 5.32 Å². The molecule has 0 saturated carbocycles. The van der Waals surface area contributed by atoms with E-state index < -0.39 is 5.60 Å². The summed E-state index contributed by atoms with van der Waals surface area (Å²) < 4.78 is 5.02. The number of hydrogen-bond donors (Lipinski definition) is 2. The Bertz CT molecular complexity index is 173. The third kappa shape index (κ3) is 6.88. The molecule has 15 heavy (non-hydrogen) atoms. The molecule has 0 saturated heterocycles. The highest BCUT2D eigenvalue weighted by Gasteiger charge is 2.29. The van der Waals surface area contributed by atoms with Gasteiger partial charge in [0.25, 0.3) is 0 Å². The molecular weight excluding hydrogens is 190 g/mol. The molecule has 0 spiro atoms. The van der Waals surface area contributed by atoms with Crippen LogP contribution in [-0.4, -0.2) is 36.5 Å². The van der Waals surface area contributed by atoms with E-state index in [0.29, 0.717) is 13.2 Å². The lowest BCUT2D eigenvalue weighted by atomic mass is 9.87. The Morgan fingerprint density at radius 2 is 1.80 bits per heavy atom. The minimum Gasteiger partial charge on any atom is -0.389 e. The minimum atomic E-state index is -0.675. The third-order valence-electron chi connectivity index (χ3n) is 2.79. The lowest BCUT2D eigenvalue weighted by molar-refractivity contribution is -0.00927. The lowest BCUT2D eigenvalue weighted by Crippen LogP contribution is -2.49. The van der Waals surface area contributed by atoms with Crippen LogP contribution in [0.25, 0.3) is 0 Å². The predicted molar refractivity (Wildman–Crippen MR) is 64.0 cm³/mol. The molecule has 0 amide bonds. The summed E-state index contributed by atoms with van der Waals surface area (Å²) in [6, 6.07) is 0. The van der Waals surface area contributed by atoms with E-state index in [4.69, 9.17) is 4.74 Å². The zero-order valence-corrected chi connectivity index (χ0v) is 11.1. The second kappa shape index (κ2) is 5.83. The molecule has 3 heteroatoms. The summed E-state index contributed by atoms with van der Waals surface area (Å²) in [5.74, 6) is 0.229. The molecule has 3 nitrogen and oxygen atoms in total. The van der Waals surface area contributed by atoms with Gasteiger partial charge in [-0.2, -0.15) is 0 Å². The molecule has 0 aliphatic heterocycles. The molecule has 0 heterocycles. The van der Waals surface area contributed by atoms with Gasteiger partial charge in [0.15, 0.2) is 0 Å². The summed E-state index contributed by atoms with van der Waals surface area (Å²) in [6.07, 6.45) is 0.884. The first-order chi connectivity index (χ1) is 6.69. The van der Waals surface area contributed by atoms with Crippen LogP contribution >= 0.6 is 0 Å². The van der Waals surface area contributed by atoms with Gasteiger partial charge in [-0.05, 0) is 40.0 Å². The number of β-amino-alcohol motifs (C(OH)–C–C–N with tert-alkyl or cyclic N) is 1. The Hall–Kier alpha value is -0.120. The number of methoxy groups -OCH3 is 1. The standard InChI is InChI=1S/C12H27NO2/c1-10(7-8-15-6)12(5,14)9-13-11(2,3)4/h10,13-14H,7-9H2,1-6H3. The maximum atomic E-state index is 10.3. The maximum Gasteiger partial charge on any atom is 0.0769 e. The van der Waals surface area contributed by atoms with E-state index in [1.165, 1.54) is 0 Å². The van der Waals surface area contributed by atoms with E-state index in [1.807, 2.05) is 6.92 Å². The number of ether oxygens (including phenoxy) is 1. The van der Waals surface area contributed by atoms with Crippen molar-refractivity contribution in [2.24, 2.45) is 5.92 Å². The average molecular weight is 217 g/mol. The monoisotopic (exact) mass is 217 g/mol. The van der Waals surface area contributed by atoms with Gasteiger partial charge < -0.3 is 15.2 Å². The second-order valence-electron chi connectivity index (χ2n) is 5.64. The lowest BCUT2D eigenvalue weighted by Gasteiger charge is -2.34. The Morgan fingerprint density at radius 3 is 2.20 bits per heavy atom. The van der Waals surface area contributed by atoms with Crippen LogP contribution in [0.2, 0.25) is 0 Å². The van der Waals surface area contributed by atoms with Gasteiger partial charge in [0.1, 0.15) is 0 Å². The fourth-order valence-electron chi connectivity index (χ4n) is 1.22. The van der Waals surface area contributed by atoms with Gasteiger partial charge in [-0.15, -0.1) is 0 Å². The van der Waals surface area contributed by atoms with E-state index in [-0.39, 0.29) is 11.5 Å².